The summed E-state index contributed by atoms with van der Waals surface area (Å²) in [6.07, 6.45) is 0.171. The molecule has 0 fully saturated rings. The smallest absolute Gasteiger partial charge is 0.119 e. The van der Waals surface area contributed by atoms with Crippen molar-refractivity contribution >= 4 is 34.2 Å². The SMILES string of the molecule is CC(C)Oc1ccc(C(N)c2ccc(I)c(Cl)c2)cc1. The first kappa shape index (κ1) is 15.6. The van der Waals surface area contributed by atoms with Crippen molar-refractivity contribution in [1.82, 2.24) is 0 Å². The fourth-order valence-corrected chi connectivity index (χ4v) is 2.45. The molecule has 0 radical (unpaired) electrons. The molecule has 1 atom stereocenters. The van der Waals surface area contributed by atoms with Gasteiger partial charge in [-0.25, -0.2) is 0 Å². The number of ether oxygens (including phenoxy) is 1. The van der Waals surface area contributed by atoms with Gasteiger partial charge in [0.15, 0.2) is 0 Å². The molecule has 0 aliphatic rings. The van der Waals surface area contributed by atoms with Gasteiger partial charge in [0.25, 0.3) is 0 Å². The molecule has 0 aliphatic carbocycles. The van der Waals surface area contributed by atoms with Crippen LogP contribution in [0.4, 0.5) is 0 Å². The lowest BCUT2D eigenvalue weighted by molar-refractivity contribution is 0.242. The van der Waals surface area contributed by atoms with Gasteiger partial charge in [-0.1, -0.05) is 29.8 Å². The molecule has 20 heavy (non-hydrogen) atoms. The molecule has 0 saturated carbocycles. The van der Waals surface area contributed by atoms with E-state index in [4.69, 9.17) is 22.1 Å². The van der Waals surface area contributed by atoms with Crippen molar-refractivity contribution in [1.29, 1.82) is 0 Å². The number of nitrogens with two attached hydrogens (primary N) is 1. The molecular formula is C16H17ClINO. The van der Waals surface area contributed by atoms with Gasteiger partial charge in [0, 0.05) is 3.57 Å². The minimum atomic E-state index is -0.183. The summed E-state index contributed by atoms with van der Waals surface area (Å²) in [6.45, 7) is 4.01. The predicted molar refractivity (Wildman–Crippen MR) is 92.4 cm³/mol. The maximum Gasteiger partial charge on any atom is 0.119 e. The zero-order valence-corrected chi connectivity index (χ0v) is 14.4. The highest BCUT2D eigenvalue weighted by Crippen LogP contribution is 2.27. The lowest BCUT2D eigenvalue weighted by atomic mass is 10.00. The molecule has 0 aromatic heterocycles. The van der Waals surface area contributed by atoms with Crippen LogP contribution in [0.3, 0.4) is 0 Å². The average molecular weight is 402 g/mol. The molecule has 106 valence electrons. The summed E-state index contributed by atoms with van der Waals surface area (Å²) in [6, 6.07) is 13.6. The summed E-state index contributed by atoms with van der Waals surface area (Å²) in [5, 5.41) is 0.735. The topological polar surface area (TPSA) is 35.2 Å². The molecule has 0 aliphatic heterocycles. The summed E-state index contributed by atoms with van der Waals surface area (Å²) >= 11 is 8.35. The first-order valence-electron chi connectivity index (χ1n) is 6.44. The van der Waals surface area contributed by atoms with Gasteiger partial charge in [0.05, 0.1) is 17.2 Å². The lowest BCUT2D eigenvalue weighted by Crippen LogP contribution is -2.12. The molecule has 2 aromatic carbocycles. The van der Waals surface area contributed by atoms with Crippen molar-refractivity contribution in [3.8, 4) is 5.75 Å². The third-order valence-corrected chi connectivity index (χ3v) is 4.49. The van der Waals surface area contributed by atoms with Crippen molar-refractivity contribution in [3.63, 3.8) is 0 Å². The lowest BCUT2D eigenvalue weighted by Gasteiger charge is -2.15. The Morgan fingerprint density at radius 2 is 1.65 bits per heavy atom. The number of halogens is 2. The van der Waals surface area contributed by atoms with Crippen LogP contribution in [0.25, 0.3) is 0 Å². The average Bonchev–Trinajstić information content (AvgIpc) is 2.41. The highest BCUT2D eigenvalue weighted by Gasteiger charge is 2.10. The largest absolute Gasteiger partial charge is 0.491 e. The van der Waals surface area contributed by atoms with E-state index in [2.05, 4.69) is 22.6 Å². The van der Waals surface area contributed by atoms with Crippen LogP contribution in [0.1, 0.15) is 31.0 Å². The van der Waals surface area contributed by atoms with Crippen molar-refractivity contribution in [2.45, 2.75) is 26.0 Å². The van der Waals surface area contributed by atoms with E-state index in [0.29, 0.717) is 0 Å². The van der Waals surface area contributed by atoms with Crippen LogP contribution in [-0.2, 0) is 0 Å². The van der Waals surface area contributed by atoms with E-state index >= 15 is 0 Å². The van der Waals surface area contributed by atoms with E-state index in [1.165, 1.54) is 0 Å². The highest BCUT2D eigenvalue weighted by molar-refractivity contribution is 14.1. The van der Waals surface area contributed by atoms with Crippen molar-refractivity contribution in [2.75, 3.05) is 0 Å². The van der Waals surface area contributed by atoms with Gasteiger partial charge in [-0.05, 0) is 71.8 Å². The van der Waals surface area contributed by atoms with E-state index in [1.54, 1.807) is 0 Å². The number of hydrogen-bond donors (Lipinski definition) is 1. The van der Waals surface area contributed by atoms with Crippen LogP contribution in [0.5, 0.6) is 5.75 Å². The van der Waals surface area contributed by atoms with Crippen LogP contribution in [0.15, 0.2) is 42.5 Å². The second kappa shape index (κ2) is 6.78. The number of hydrogen-bond acceptors (Lipinski definition) is 2. The summed E-state index contributed by atoms with van der Waals surface area (Å²) in [4.78, 5) is 0. The fraction of sp³-hybridized carbons (Fsp3) is 0.250. The summed E-state index contributed by atoms with van der Waals surface area (Å²) in [5.41, 5.74) is 8.33. The monoisotopic (exact) mass is 401 g/mol. The van der Waals surface area contributed by atoms with Gasteiger partial charge >= 0.3 is 0 Å². The molecule has 0 saturated heterocycles. The van der Waals surface area contributed by atoms with Crippen molar-refractivity contribution in [3.05, 3.63) is 62.2 Å². The predicted octanol–water partition coefficient (Wildman–Crippen LogP) is 4.78. The molecule has 2 N–H and O–H groups in total. The van der Waals surface area contributed by atoms with Crippen LogP contribution in [0.2, 0.25) is 5.02 Å². The van der Waals surface area contributed by atoms with Crippen LogP contribution >= 0.6 is 34.2 Å². The molecule has 0 bridgehead atoms. The molecule has 2 rings (SSSR count). The Morgan fingerprint density at radius 1 is 1.05 bits per heavy atom. The molecule has 0 amide bonds. The Morgan fingerprint density at radius 3 is 2.20 bits per heavy atom. The second-order valence-corrected chi connectivity index (χ2v) is 6.46. The van der Waals surface area contributed by atoms with Gasteiger partial charge < -0.3 is 10.5 Å². The number of rotatable bonds is 4. The molecule has 0 spiro atoms. The normalized spacial score (nSPS) is 12.5. The molecule has 0 heterocycles. The van der Waals surface area contributed by atoms with Crippen molar-refractivity contribution in [2.24, 2.45) is 5.73 Å². The second-order valence-electron chi connectivity index (χ2n) is 4.89. The Hall–Kier alpha value is -0.780. The van der Waals surface area contributed by atoms with Crippen LogP contribution in [-0.4, -0.2) is 6.10 Å². The summed E-state index contributed by atoms with van der Waals surface area (Å²) in [7, 11) is 0. The van der Waals surface area contributed by atoms with Crippen LogP contribution < -0.4 is 10.5 Å². The standard InChI is InChI=1S/C16H17ClINO/c1-10(2)20-13-6-3-11(4-7-13)16(19)12-5-8-15(18)14(17)9-12/h3-10,16H,19H2,1-2H3. The third-order valence-electron chi connectivity index (χ3n) is 2.91. The minimum Gasteiger partial charge on any atom is -0.491 e. The quantitative estimate of drug-likeness (QED) is 0.748. The van der Waals surface area contributed by atoms with E-state index in [0.717, 1.165) is 25.5 Å². The Bertz CT molecular complexity index is 584. The third kappa shape index (κ3) is 3.87. The first-order valence-corrected chi connectivity index (χ1v) is 7.90. The number of benzene rings is 2. The van der Waals surface area contributed by atoms with Gasteiger partial charge in [0.1, 0.15) is 5.75 Å². The van der Waals surface area contributed by atoms with Crippen LogP contribution in [0, 0.1) is 3.57 Å². The maximum atomic E-state index is 6.28. The van der Waals surface area contributed by atoms with E-state index in [9.17, 15) is 0 Å². The Kier molecular flexibility index (Phi) is 5.29. The van der Waals surface area contributed by atoms with E-state index in [1.807, 2.05) is 56.3 Å². The molecule has 1 unspecified atom stereocenters. The summed E-state index contributed by atoms with van der Waals surface area (Å²) in [5.74, 6) is 0.858. The highest BCUT2D eigenvalue weighted by atomic mass is 127. The summed E-state index contributed by atoms with van der Waals surface area (Å²) < 4.78 is 6.66. The zero-order chi connectivity index (χ0) is 14.7. The molecule has 4 heteroatoms. The molecular weight excluding hydrogens is 385 g/mol. The molecule has 2 aromatic rings. The Labute approximate surface area is 138 Å². The van der Waals surface area contributed by atoms with Gasteiger partial charge in [0.2, 0.25) is 0 Å². The van der Waals surface area contributed by atoms with E-state index < -0.39 is 0 Å². The van der Waals surface area contributed by atoms with Gasteiger partial charge in [-0.2, -0.15) is 0 Å². The van der Waals surface area contributed by atoms with E-state index in [-0.39, 0.29) is 12.1 Å². The molecule has 2 nitrogen and oxygen atoms in total. The van der Waals surface area contributed by atoms with Gasteiger partial charge in [-0.15, -0.1) is 0 Å². The first-order chi connectivity index (χ1) is 9.47. The fourth-order valence-electron chi connectivity index (χ4n) is 1.92. The van der Waals surface area contributed by atoms with Gasteiger partial charge in [-0.3, -0.25) is 0 Å². The maximum absolute atomic E-state index is 6.28. The zero-order valence-electron chi connectivity index (χ0n) is 11.4. The Balaban J connectivity index is 2.20. The van der Waals surface area contributed by atoms with Crippen molar-refractivity contribution < 1.29 is 4.74 Å². The minimum absolute atomic E-state index is 0.171.